The first-order valence-corrected chi connectivity index (χ1v) is 9.20. The minimum atomic E-state index is 0.135. The third kappa shape index (κ3) is 2.97. The fraction of sp³-hybridized carbons (Fsp3) is 0.474. The van der Waals surface area contributed by atoms with Gasteiger partial charge in [-0.15, -0.1) is 0 Å². The Morgan fingerprint density at radius 1 is 1.38 bits per heavy atom. The lowest BCUT2D eigenvalue weighted by atomic mass is 9.96. The summed E-state index contributed by atoms with van der Waals surface area (Å²) in [5.74, 6) is 0.530. The van der Waals surface area contributed by atoms with Crippen LogP contribution in [-0.4, -0.2) is 31.8 Å². The summed E-state index contributed by atoms with van der Waals surface area (Å²) in [6.45, 7) is 0.655. The second-order valence-corrected chi connectivity index (χ2v) is 6.94. The number of aromatic amines is 1. The van der Waals surface area contributed by atoms with Gasteiger partial charge >= 0.3 is 0 Å². The molecular weight excluding hydrogens is 326 g/mol. The Morgan fingerprint density at radius 3 is 3.00 bits per heavy atom. The monoisotopic (exact) mass is 349 g/mol. The Morgan fingerprint density at radius 2 is 2.23 bits per heavy atom. The van der Waals surface area contributed by atoms with Crippen LogP contribution in [0, 0.1) is 17.2 Å². The molecule has 1 aliphatic carbocycles. The summed E-state index contributed by atoms with van der Waals surface area (Å²) < 4.78 is 2.02. The number of nitriles is 1. The van der Waals surface area contributed by atoms with Gasteiger partial charge in [-0.25, -0.2) is 9.97 Å². The van der Waals surface area contributed by atoms with Gasteiger partial charge in [-0.3, -0.25) is 4.68 Å². The van der Waals surface area contributed by atoms with Crippen molar-refractivity contribution in [2.45, 2.75) is 44.7 Å². The number of fused-ring (bicyclic) bond motifs is 1. The molecule has 4 rings (SSSR count). The molecule has 0 radical (unpaired) electrons. The summed E-state index contributed by atoms with van der Waals surface area (Å²) in [5.41, 5.74) is 3.67. The smallest absolute Gasteiger partial charge is 0.141 e. The number of rotatable bonds is 6. The van der Waals surface area contributed by atoms with Crippen LogP contribution in [0.5, 0.6) is 0 Å². The van der Waals surface area contributed by atoms with E-state index in [1.807, 2.05) is 24.0 Å². The van der Waals surface area contributed by atoms with Crippen LogP contribution in [0.25, 0.3) is 22.3 Å². The summed E-state index contributed by atoms with van der Waals surface area (Å²) in [4.78, 5) is 12.0. The van der Waals surface area contributed by atoms with Crippen molar-refractivity contribution in [1.29, 1.82) is 5.26 Å². The first-order chi connectivity index (χ1) is 12.8. The fourth-order valence-corrected chi connectivity index (χ4v) is 4.09. The van der Waals surface area contributed by atoms with Crippen LogP contribution in [0.15, 0.2) is 24.8 Å². The lowest BCUT2D eigenvalue weighted by Crippen LogP contribution is -2.18. The van der Waals surface area contributed by atoms with Gasteiger partial charge in [0.2, 0.25) is 0 Å². The van der Waals surface area contributed by atoms with Crippen molar-refractivity contribution in [3.05, 3.63) is 30.5 Å². The molecule has 2 N–H and O–H groups in total. The number of nitrogens with one attached hydrogen (secondary N) is 2. The lowest BCUT2D eigenvalue weighted by molar-refractivity contribution is 0.313. The molecule has 3 aromatic rings. The zero-order chi connectivity index (χ0) is 17.9. The average molecular weight is 349 g/mol. The highest BCUT2D eigenvalue weighted by Crippen LogP contribution is 2.37. The van der Waals surface area contributed by atoms with Crippen LogP contribution in [-0.2, 0) is 6.54 Å². The quantitative estimate of drug-likeness (QED) is 0.712. The molecule has 3 heterocycles. The molecular formula is C19H23N7. The predicted octanol–water partition coefficient (Wildman–Crippen LogP) is 3.19. The molecule has 0 amide bonds. The topological polar surface area (TPSA) is 95.2 Å². The summed E-state index contributed by atoms with van der Waals surface area (Å²) in [6.07, 6.45) is 10.9. The van der Waals surface area contributed by atoms with Crippen LogP contribution >= 0.6 is 0 Å². The minimum absolute atomic E-state index is 0.135. The summed E-state index contributed by atoms with van der Waals surface area (Å²) in [5, 5.41) is 18.4. The Hall–Kier alpha value is -2.72. The van der Waals surface area contributed by atoms with Crippen molar-refractivity contribution < 1.29 is 0 Å². The molecule has 26 heavy (non-hydrogen) atoms. The standard InChI is InChI=1S/C19H23N7/c1-21-10-16-15(18-14-7-9-22-19(14)24-12-23-18)11-26(25-16)17(6-8-20)13-4-2-3-5-13/h7,9,11-13,17,21H,2-6,10H2,1H3,(H,22,23,24). The molecule has 0 bridgehead atoms. The minimum Gasteiger partial charge on any atom is -0.346 e. The van der Waals surface area contributed by atoms with Crippen LogP contribution in [0.1, 0.15) is 43.8 Å². The second kappa shape index (κ2) is 7.26. The van der Waals surface area contributed by atoms with E-state index in [9.17, 15) is 5.26 Å². The maximum Gasteiger partial charge on any atom is 0.141 e. The van der Waals surface area contributed by atoms with Crippen LogP contribution in [0.3, 0.4) is 0 Å². The van der Waals surface area contributed by atoms with E-state index in [4.69, 9.17) is 5.10 Å². The highest BCUT2D eigenvalue weighted by molar-refractivity contribution is 5.90. The van der Waals surface area contributed by atoms with Crippen molar-refractivity contribution in [2.24, 2.45) is 5.92 Å². The van der Waals surface area contributed by atoms with Crippen molar-refractivity contribution in [3.63, 3.8) is 0 Å². The first-order valence-electron chi connectivity index (χ1n) is 9.20. The van der Waals surface area contributed by atoms with E-state index in [1.165, 1.54) is 25.7 Å². The van der Waals surface area contributed by atoms with Gasteiger partial charge in [-0.05, 0) is 31.9 Å². The fourth-order valence-electron chi connectivity index (χ4n) is 4.09. The number of aromatic nitrogens is 5. The molecule has 1 fully saturated rings. The summed E-state index contributed by atoms with van der Waals surface area (Å²) >= 11 is 0. The Labute approximate surface area is 152 Å². The molecule has 0 aliphatic heterocycles. The largest absolute Gasteiger partial charge is 0.346 e. The molecule has 0 aromatic carbocycles. The Bertz CT molecular complexity index is 927. The first kappa shape index (κ1) is 16.7. The van der Waals surface area contributed by atoms with E-state index in [2.05, 4.69) is 32.5 Å². The predicted molar refractivity (Wildman–Crippen MR) is 99.1 cm³/mol. The third-order valence-corrected chi connectivity index (χ3v) is 5.35. The van der Waals surface area contributed by atoms with E-state index in [-0.39, 0.29) is 6.04 Å². The molecule has 3 aromatic heterocycles. The van der Waals surface area contributed by atoms with Gasteiger partial charge in [0.1, 0.15) is 12.0 Å². The van der Waals surface area contributed by atoms with Crippen molar-refractivity contribution in [3.8, 4) is 17.3 Å². The molecule has 1 atom stereocenters. The highest BCUT2D eigenvalue weighted by atomic mass is 15.3. The SMILES string of the molecule is CNCc1nn(C(CC#N)C2CCCC2)cc1-c1ncnc2[nH]ccc12. The molecule has 0 spiro atoms. The number of nitrogens with zero attached hydrogens (tertiary/aromatic N) is 5. The zero-order valence-corrected chi connectivity index (χ0v) is 14.9. The Balaban J connectivity index is 1.80. The average Bonchev–Trinajstić information content (AvgIpc) is 3.39. The molecule has 134 valence electrons. The molecule has 0 saturated heterocycles. The van der Waals surface area contributed by atoms with E-state index < -0.39 is 0 Å². The van der Waals surface area contributed by atoms with Crippen molar-refractivity contribution >= 4 is 11.0 Å². The van der Waals surface area contributed by atoms with Gasteiger partial charge in [0.25, 0.3) is 0 Å². The lowest BCUT2D eigenvalue weighted by Gasteiger charge is -2.21. The van der Waals surface area contributed by atoms with E-state index >= 15 is 0 Å². The normalized spacial score (nSPS) is 16.2. The van der Waals surface area contributed by atoms with Crippen LogP contribution in [0.4, 0.5) is 0 Å². The van der Waals surface area contributed by atoms with Gasteiger partial charge in [-0.1, -0.05) is 12.8 Å². The van der Waals surface area contributed by atoms with Gasteiger partial charge in [0, 0.05) is 29.9 Å². The molecule has 7 nitrogen and oxygen atoms in total. The van der Waals surface area contributed by atoms with Crippen molar-refractivity contribution in [2.75, 3.05) is 7.05 Å². The summed E-state index contributed by atoms with van der Waals surface area (Å²) in [6, 6.07) is 4.49. The molecule has 1 saturated carbocycles. The second-order valence-electron chi connectivity index (χ2n) is 6.94. The maximum absolute atomic E-state index is 9.34. The van der Waals surface area contributed by atoms with Crippen LogP contribution in [0.2, 0.25) is 0 Å². The van der Waals surface area contributed by atoms with Crippen LogP contribution < -0.4 is 5.32 Å². The third-order valence-electron chi connectivity index (χ3n) is 5.35. The molecule has 1 aliphatic rings. The van der Waals surface area contributed by atoms with Gasteiger partial charge < -0.3 is 10.3 Å². The van der Waals surface area contributed by atoms with Gasteiger partial charge in [0.05, 0.1) is 29.9 Å². The highest BCUT2D eigenvalue weighted by Gasteiger charge is 2.28. The molecule has 7 heteroatoms. The molecule has 1 unspecified atom stereocenters. The number of H-pyrrole nitrogens is 1. The van der Waals surface area contributed by atoms with Gasteiger partial charge in [-0.2, -0.15) is 10.4 Å². The van der Waals surface area contributed by atoms with Crippen molar-refractivity contribution in [1.82, 2.24) is 30.0 Å². The number of hydrogen-bond acceptors (Lipinski definition) is 5. The zero-order valence-electron chi connectivity index (χ0n) is 14.9. The van der Waals surface area contributed by atoms with Gasteiger partial charge in [0.15, 0.2) is 0 Å². The maximum atomic E-state index is 9.34. The Kier molecular flexibility index (Phi) is 4.67. The number of hydrogen-bond donors (Lipinski definition) is 2. The van der Waals surface area contributed by atoms with E-state index in [1.54, 1.807) is 6.33 Å². The van der Waals surface area contributed by atoms with E-state index in [0.717, 1.165) is 28.0 Å². The summed E-state index contributed by atoms with van der Waals surface area (Å²) in [7, 11) is 1.92. The van der Waals surface area contributed by atoms with E-state index in [0.29, 0.717) is 18.9 Å².